The van der Waals surface area contributed by atoms with Gasteiger partial charge >= 0.3 is 0 Å². The SMILES string of the molecule is CC(C)NC(=O)C(C)NC(=O)Cc1ccccc1CN. The van der Waals surface area contributed by atoms with Crippen molar-refractivity contribution in [3.63, 3.8) is 0 Å². The number of benzene rings is 1. The topological polar surface area (TPSA) is 84.2 Å². The molecule has 0 aliphatic carbocycles. The summed E-state index contributed by atoms with van der Waals surface area (Å²) in [6, 6.07) is 7.05. The number of carbonyl (C=O) groups is 2. The first-order valence-electron chi connectivity index (χ1n) is 6.80. The van der Waals surface area contributed by atoms with Crippen LogP contribution in [0.5, 0.6) is 0 Å². The predicted octanol–water partition coefficient (Wildman–Crippen LogP) is 0.717. The molecule has 0 heterocycles. The van der Waals surface area contributed by atoms with E-state index in [0.717, 1.165) is 11.1 Å². The van der Waals surface area contributed by atoms with Crippen LogP contribution in [0.25, 0.3) is 0 Å². The Morgan fingerprint density at radius 2 is 1.70 bits per heavy atom. The Morgan fingerprint density at radius 3 is 2.25 bits per heavy atom. The number of carbonyl (C=O) groups excluding carboxylic acids is 2. The van der Waals surface area contributed by atoms with Gasteiger partial charge in [0.1, 0.15) is 6.04 Å². The molecule has 5 heteroatoms. The van der Waals surface area contributed by atoms with Crippen LogP contribution in [0.4, 0.5) is 0 Å². The molecule has 0 spiro atoms. The normalized spacial score (nSPS) is 12.1. The Labute approximate surface area is 119 Å². The van der Waals surface area contributed by atoms with Gasteiger partial charge in [-0.1, -0.05) is 24.3 Å². The van der Waals surface area contributed by atoms with Crippen LogP contribution >= 0.6 is 0 Å². The molecule has 1 aromatic carbocycles. The monoisotopic (exact) mass is 277 g/mol. The summed E-state index contributed by atoms with van der Waals surface area (Å²) >= 11 is 0. The van der Waals surface area contributed by atoms with E-state index in [1.165, 1.54) is 0 Å². The number of amides is 2. The average Bonchev–Trinajstić information content (AvgIpc) is 2.38. The van der Waals surface area contributed by atoms with E-state index >= 15 is 0 Å². The maximum atomic E-state index is 11.9. The molecule has 1 unspecified atom stereocenters. The second-order valence-corrected chi connectivity index (χ2v) is 5.10. The molecule has 0 radical (unpaired) electrons. The Kier molecular flexibility index (Phi) is 6.18. The minimum absolute atomic E-state index is 0.0554. The lowest BCUT2D eigenvalue weighted by atomic mass is 10.0. The first-order chi connectivity index (χ1) is 9.43. The Morgan fingerprint density at radius 1 is 1.10 bits per heavy atom. The molecule has 0 bridgehead atoms. The van der Waals surface area contributed by atoms with Gasteiger partial charge in [-0.25, -0.2) is 0 Å². The number of hydrogen-bond donors (Lipinski definition) is 3. The van der Waals surface area contributed by atoms with Gasteiger partial charge in [0.2, 0.25) is 11.8 Å². The number of nitrogens with two attached hydrogens (primary N) is 1. The Balaban J connectivity index is 2.57. The van der Waals surface area contributed by atoms with Gasteiger partial charge < -0.3 is 16.4 Å². The van der Waals surface area contributed by atoms with Crippen molar-refractivity contribution in [3.05, 3.63) is 35.4 Å². The minimum Gasteiger partial charge on any atom is -0.352 e. The molecular weight excluding hydrogens is 254 g/mol. The van der Waals surface area contributed by atoms with Crippen LogP contribution in [0.15, 0.2) is 24.3 Å². The maximum absolute atomic E-state index is 11.9. The largest absolute Gasteiger partial charge is 0.352 e. The van der Waals surface area contributed by atoms with Gasteiger partial charge in [0.05, 0.1) is 6.42 Å². The average molecular weight is 277 g/mol. The summed E-state index contributed by atoms with van der Waals surface area (Å²) < 4.78 is 0. The van der Waals surface area contributed by atoms with E-state index in [4.69, 9.17) is 5.73 Å². The lowest BCUT2D eigenvalue weighted by molar-refractivity contribution is -0.128. The van der Waals surface area contributed by atoms with Gasteiger partial charge in [0.25, 0.3) is 0 Å². The van der Waals surface area contributed by atoms with Crippen LogP contribution in [-0.2, 0) is 22.6 Å². The number of hydrogen-bond acceptors (Lipinski definition) is 3. The zero-order valence-electron chi connectivity index (χ0n) is 12.3. The van der Waals surface area contributed by atoms with Crippen LogP contribution in [-0.4, -0.2) is 23.9 Å². The minimum atomic E-state index is -0.546. The standard InChI is InChI=1S/C15H23N3O2/c1-10(2)17-15(20)11(3)18-14(19)8-12-6-4-5-7-13(12)9-16/h4-7,10-11H,8-9,16H2,1-3H3,(H,17,20)(H,18,19). The second kappa shape index (κ2) is 7.65. The lowest BCUT2D eigenvalue weighted by Gasteiger charge is -2.16. The molecule has 4 N–H and O–H groups in total. The van der Waals surface area contributed by atoms with Crippen molar-refractivity contribution in [2.45, 2.75) is 45.8 Å². The van der Waals surface area contributed by atoms with Gasteiger partial charge in [-0.3, -0.25) is 9.59 Å². The summed E-state index contributed by atoms with van der Waals surface area (Å²) in [6.45, 7) is 5.82. The third-order valence-corrected chi connectivity index (χ3v) is 2.89. The molecule has 1 rings (SSSR count). The van der Waals surface area contributed by atoms with Crippen LogP contribution in [0, 0.1) is 0 Å². The summed E-state index contributed by atoms with van der Waals surface area (Å²) in [5, 5.41) is 5.45. The highest BCUT2D eigenvalue weighted by molar-refractivity contribution is 5.88. The van der Waals surface area contributed by atoms with E-state index in [-0.39, 0.29) is 24.3 Å². The molecular formula is C15H23N3O2. The van der Waals surface area contributed by atoms with E-state index in [0.29, 0.717) is 6.54 Å². The van der Waals surface area contributed by atoms with Crippen molar-refractivity contribution in [1.82, 2.24) is 10.6 Å². The number of nitrogens with one attached hydrogen (secondary N) is 2. The van der Waals surface area contributed by atoms with Gasteiger partial charge in [0, 0.05) is 12.6 Å². The maximum Gasteiger partial charge on any atom is 0.242 e. The fourth-order valence-corrected chi connectivity index (χ4v) is 1.87. The van der Waals surface area contributed by atoms with Crippen molar-refractivity contribution in [3.8, 4) is 0 Å². The van der Waals surface area contributed by atoms with Crippen molar-refractivity contribution in [2.24, 2.45) is 5.73 Å². The molecule has 0 saturated carbocycles. The highest BCUT2D eigenvalue weighted by Crippen LogP contribution is 2.08. The summed E-state index contributed by atoms with van der Waals surface area (Å²) in [7, 11) is 0. The summed E-state index contributed by atoms with van der Waals surface area (Å²) in [6.07, 6.45) is 0.229. The summed E-state index contributed by atoms with van der Waals surface area (Å²) in [5.41, 5.74) is 7.47. The molecule has 1 aromatic rings. The quantitative estimate of drug-likeness (QED) is 0.716. The second-order valence-electron chi connectivity index (χ2n) is 5.10. The third kappa shape index (κ3) is 5.01. The van der Waals surface area contributed by atoms with Crippen molar-refractivity contribution < 1.29 is 9.59 Å². The van der Waals surface area contributed by atoms with Gasteiger partial charge in [-0.2, -0.15) is 0 Å². The molecule has 0 aromatic heterocycles. The lowest BCUT2D eigenvalue weighted by Crippen LogP contribution is -2.47. The van der Waals surface area contributed by atoms with Gasteiger partial charge in [-0.05, 0) is 31.9 Å². The Hall–Kier alpha value is -1.88. The van der Waals surface area contributed by atoms with E-state index in [1.54, 1.807) is 6.92 Å². The molecule has 1 atom stereocenters. The third-order valence-electron chi connectivity index (χ3n) is 2.89. The first kappa shape index (κ1) is 16.2. The highest BCUT2D eigenvalue weighted by atomic mass is 16.2. The van der Waals surface area contributed by atoms with E-state index in [9.17, 15) is 9.59 Å². The zero-order valence-corrected chi connectivity index (χ0v) is 12.3. The Bertz CT molecular complexity index is 472. The molecule has 5 nitrogen and oxygen atoms in total. The van der Waals surface area contributed by atoms with Gasteiger partial charge in [0.15, 0.2) is 0 Å². The van der Waals surface area contributed by atoms with Crippen molar-refractivity contribution in [1.29, 1.82) is 0 Å². The fourth-order valence-electron chi connectivity index (χ4n) is 1.87. The molecule has 110 valence electrons. The molecule has 0 saturated heterocycles. The molecule has 0 fully saturated rings. The highest BCUT2D eigenvalue weighted by Gasteiger charge is 2.16. The van der Waals surface area contributed by atoms with E-state index < -0.39 is 6.04 Å². The predicted molar refractivity (Wildman–Crippen MR) is 78.9 cm³/mol. The first-order valence-corrected chi connectivity index (χ1v) is 6.80. The summed E-state index contributed by atoms with van der Waals surface area (Å²) in [4.78, 5) is 23.7. The fraction of sp³-hybridized carbons (Fsp3) is 0.467. The molecule has 0 aliphatic heterocycles. The van der Waals surface area contributed by atoms with E-state index in [2.05, 4.69) is 10.6 Å². The van der Waals surface area contributed by atoms with E-state index in [1.807, 2.05) is 38.1 Å². The van der Waals surface area contributed by atoms with Crippen LogP contribution < -0.4 is 16.4 Å². The van der Waals surface area contributed by atoms with Crippen molar-refractivity contribution >= 4 is 11.8 Å². The smallest absolute Gasteiger partial charge is 0.242 e. The van der Waals surface area contributed by atoms with Crippen LogP contribution in [0.3, 0.4) is 0 Å². The molecule has 2 amide bonds. The number of rotatable bonds is 6. The van der Waals surface area contributed by atoms with Crippen LogP contribution in [0.1, 0.15) is 31.9 Å². The molecule has 0 aliphatic rings. The zero-order chi connectivity index (χ0) is 15.1. The van der Waals surface area contributed by atoms with Crippen molar-refractivity contribution in [2.75, 3.05) is 0 Å². The van der Waals surface area contributed by atoms with Crippen LogP contribution in [0.2, 0.25) is 0 Å². The van der Waals surface area contributed by atoms with Gasteiger partial charge in [-0.15, -0.1) is 0 Å². The summed E-state index contributed by atoms with van der Waals surface area (Å²) in [5.74, 6) is -0.363. The molecule has 20 heavy (non-hydrogen) atoms.